The molecule has 2 N–H and O–H groups in total. The number of quaternary nitrogens is 1. The summed E-state index contributed by atoms with van der Waals surface area (Å²) in [7, 11) is 1.22. The molecule has 0 aliphatic rings. The number of nitrogens with zero attached hydrogens (tertiary/aromatic N) is 1. The average Bonchev–Trinajstić information content (AvgIpc) is 2.71. The third kappa shape index (κ3) is 20.1. The minimum Gasteiger partial charge on any atom is -0.756 e. The maximum atomic E-state index is 12.1. The van der Waals surface area contributed by atoms with Gasteiger partial charge < -0.3 is 28.8 Å². The van der Waals surface area contributed by atoms with Crippen LogP contribution in [-0.2, 0) is 18.4 Å². The number of hydrogen-bond acceptors (Lipinski definition) is 6. The summed E-state index contributed by atoms with van der Waals surface area (Å²) in [6.07, 6.45) is 15.2. The third-order valence-corrected chi connectivity index (χ3v) is 5.85. The monoisotopic (exact) mass is 490 g/mol. The number of carbonyl (C=O) groups is 1. The van der Waals surface area contributed by atoms with Crippen molar-refractivity contribution < 1.29 is 32.9 Å². The Balaban J connectivity index is 4.62. The fourth-order valence-corrected chi connectivity index (χ4v) is 3.58. The number of carbonyl (C=O) groups excluding carboxylic acids is 1. The molecule has 3 atom stereocenters. The van der Waals surface area contributed by atoms with Crippen molar-refractivity contribution in [2.45, 2.75) is 83.8 Å². The number of nitrogens with one attached hydrogen (secondary N) is 1. The molecule has 0 rings (SSSR count). The Morgan fingerprint density at radius 3 is 2.33 bits per heavy atom. The van der Waals surface area contributed by atoms with E-state index in [9.17, 15) is 19.4 Å². The summed E-state index contributed by atoms with van der Waals surface area (Å²) < 4.78 is 22.5. The van der Waals surface area contributed by atoms with Crippen LogP contribution in [0.5, 0.6) is 0 Å². The molecule has 0 radical (unpaired) electrons. The van der Waals surface area contributed by atoms with Crippen LogP contribution in [0.2, 0.25) is 0 Å². The molecule has 0 aromatic carbocycles. The number of rotatable bonds is 20. The first-order valence-electron chi connectivity index (χ1n) is 12.2. The highest BCUT2D eigenvalue weighted by atomic mass is 31.2. The van der Waals surface area contributed by atoms with Crippen molar-refractivity contribution in [1.29, 1.82) is 0 Å². The molecule has 8 nitrogen and oxygen atoms in total. The van der Waals surface area contributed by atoms with Gasteiger partial charge in [0, 0.05) is 6.42 Å². The van der Waals surface area contributed by atoms with E-state index in [1.165, 1.54) is 25.7 Å². The number of phosphoric ester groups is 1. The molecular formula is C24H47N2O6P. The summed E-state index contributed by atoms with van der Waals surface area (Å²) >= 11 is 0. The van der Waals surface area contributed by atoms with Crippen molar-refractivity contribution in [3.05, 3.63) is 24.3 Å². The Hall–Kier alpha value is -1.02. The Bertz CT molecular complexity index is 619. The molecule has 0 heterocycles. The van der Waals surface area contributed by atoms with Gasteiger partial charge in [-0.1, -0.05) is 57.4 Å². The first-order chi connectivity index (χ1) is 15.5. The molecule has 33 heavy (non-hydrogen) atoms. The molecule has 1 amide bonds. The number of aliphatic hydroxyl groups is 1. The predicted molar refractivity (Wildman–Crippen MR) is 132 cm³/mol. The first-order valence-corrected chi connectivity index (χ1v) is 13.7. The normalized spacial score (nSPS) is 16.2. The average molecular weight is 491 g/mol. The first kappa shape index (κ1) is 32.0. The summed E-state index contributed by atoms with van der Waals surface area (Å²) in [5.74, 6) is -0.267. The molecular weight excluding hydrogens is 443 g/mol. The van der Waals surface area contributed by atoms with E-state index >= 15 is 0 Å². The fourth-order valence-electron chi connectivity index (χ4n) is 2.85. The highest BCUT2D eigenvalue weighted by molar-refractivity contribution is 7.45. The number of likely N-dealkylation sites (N-methyl/N-ethyl adjacent to an activating group) is 1. The fraction of sp³-hybridized carbons (Fsp3) is 0.792. The van der Waals surface area contributed by atoms with Crippen LogP contribution in [0.4, 0.5) is 0 Å². The molecule has 0 aliphatic heterocycles. The van der Waals surface area contributed by atoms with Crippen LogP contribution in [0.25, 0.3) is 0 Å². The summed E-state index contributed by atoms with van der Waals surface area (Å²) in [4.78, 5) is 24.1. The van der Waals surface area contributed by atoms with Gasteiger partial charge in [-0.25, -0.2) is 0 Å². The molecule has 3 unspecified atom stereocenters. The summed E-state index contributed by atoms with van der Waals surface area (Å²) in [6, 6.07) is -0.890. The van der Waals surface area contributed by atoms with Crippen molar-refractivity contribution >= 4 is 13.7 Å². The maximum absolute atomic E-state index is 12.1. The minimum absolute atomic E-state index is 0.00822. The van der Waals surface area contributed by atoms with Crippen molar-refractivity contribution in [3.63, 3.8) is 0 Å². The lowest BCUT2D eigenvalue weighted by atomic mass is 10.1. The van der Waals surface area contributed by atoms with E-state index in [0.29, 0.717) is 17.4 Å². The Morgan fingerprint density at radius 1 is 1.03 bits per heavy atom. The van der Waals surface area contributed by atoms with Crippen LogP contribution < -0.4 is 10.2 Å². The Labute approximate surface area is 201 Å². The third-order valence-electron chi connectivity index (χ3n) is 4.88. The lowest BCUT2D eigenvalue weighted by molar-refractivity contribution is -0.870. The Kier molecular flexibility index (Phi) is 17.8. The summed E-state index contributed by atoms with van der Waals surface area (Å²) in [5, 5.41) is 13.2. The van der Waals surface area contributed by atoms with Gasteiger partial charge in [0.2, 0.25) is 5.91 Å². The summed E-state index contributed by atoms with van der Waals surface area (Å²) in [5.41, 5.74) is 0. The van der Waals surface area contributed by atoms with Crippen LogP contribution in [-0.4, -0.2) is 68.5 Å². The van der Waals surface area contributed by atoms with Gasteiger partial charge >= 0.3 is 0 Å². The number of phosphoric acid groups is 1. The van der Waals surface area contributed by atoms with Gasteiger partial charge in [-0.3, -0.25) is 9.36 Å². The van der Waals surface area contributed by atoms with Crippen molar-refractivity contribution in [3.8, 4) is 0 Å². The van der Waals surface area contributed by atoms with Gasteiger partial charge in [0.25, 0.3) is 7.82 Å². The molecule has 0 aromatic rings. The van der Waals surface area contributed by atoms with Crippen molar-refractivity contribution in [1.82, 2.24) is 5.32 Å². The van der Waals surface area contributed by atoms with Gasteiger partial charge in [0.05, 0.1) is 39.9 Å². The zero-order valence-corrected chi connectivity index (χ0v) is 22.2. The highest BCUT2D eigenvalue weighted by Gasteiger charge is 2.22. The number of unbranched alkanes of at least 4 members (excludes halogenated alkanes) is 5. The molecule has 9 heteroatoms. The Morgan fingerprint density at radius 2 is 1.70 bits per heavy atom. The SMILES string of the molecule is CCCCCC/C=C/CC/C=C/C(O)C(COP(=O)([O-])OCC[N+](C)(C)C)NC(=O)CCC. The molecule has 0 aliphatic carbocycles. The van der Waals surface area contributed by atoms with E-state index in [2.05, 4.69) is 24.4 Å². The highest BCUT2D eigenvalue weighted by Crippen LogP contribution is 2.38. The second kappa shape index (κ2) is 18.3. The zero-order chi connectivity index (χ0) is 25.2. The molecule has 0 aromatic heterocycles. The molecule has 0 bridgehead atoms. The second-order valence-electron chi connectivity index (χ2n) is 9.33. The lowest BCUT2D eigenvalue weighted by Crippen LogP contribution is -2.45. The second-order valence-corrected chi connectivity index (χ2v) is 10.7. The number of hydrogen-bond donors (Lipinski definition) is 2. The van der Waals surface area contributed by atoms with Crippen LogP contribution >= 0.6 is 7.82 Å². The van der Waals surface area contributed by atoms with E-state index in [4.69, 9.17) is 9.05 Å². The van der Waals surface area contributed by atoms with Crippen LogP contribution in [0.1, 0.15) is 71.6 Å². The van der Waals surface area contributed by atoms with Gasteiger partial charge in [0.15, 0.2) is 0 Å². The van der Waals surface area contributed by atoms with Gasteiger partial charge in [-0.05, 0) is 32.1 Å². The molecule has 0 saturated carbocycles. The maximum Gasteiger partial charge on any atom is 0.268 e. The van der Waals surface area contributed by atoms with Crippen LogP contribution in [0, 0.1) is 0 Å². The molecule has 0 spiro atoms. The van der Waals surface area contributed by atoms with E-state index < -0.39 is 26.6 Å². The number of aliphatic hydroxyl groups excluding tert-OH is 1. The standard InChI is InChI=1S/C24H47N2O6P/c1-6-8-9-10-11-12-13-14-15-16-18-23(27)22(25-24(28)17-7-2)21-32-33(29,30)31-20-19-26(3,4)5/h12-13,16,18,22-23,27H,6-11,14-15,17,19-21H2,1-5H3,(H-,25,28,29,30)/b13-12+,18-16+. The number of allylic oxidation sites excluding steroid dienone is 3. The van der Waals surface area contributed by atoms with Crippen LogP contribution in [0.15, 0.2) is 24.3 Å². The zero-order valence-electron chi connectivity index (χ0n) is 21.3. The van der Waals surface area contributed by atoms with E-state index in [1.54, 1.807) is 6.08 Å². The molecule has 0 fully saturated rings. The van der Waals surface area contributed by atoms with E-state index in [1.807, 2.05) is 34.1 Å². The van der Waals surface area contributed by atoms with Crippen molar-refractivity contribution in [2.24, 2.45) is 0 Å². The van der Waals surface area contributed by atoms with Crippen molar-refractivity contribution in [2.75, 3.05) is 40.9 Å². The minimum atomic E-state index is -4.54. The van der Waals surface area contributed by atoms with Gasteiger partial charge in [-0.15, -0.1) is 0 Å². The van der Waals surface area contributed by atoms with E-state index in [0.717, 1.165) is 19.3 Å². The smallest absolute Gasteiger partial charge is 0.268 e. The lowest BCUT2D eigenvalue weighted by Gasteiger charge is -2.29. The molecule has 0 saturated heterocycles. The predicted octanol–water partition coefficient (Wildman–Crippen LogP) is 3.70. The quantitative estimate of drug-likeness (QED) is 0.117. The molecule has 194 valence electrons. The summed E-state index contributed by atoms with van der Waals surface area (Å²) in [6.45, 7) is 4.15. The largest absolute Gasteiger partial charge is 0.756 e. The van der Waals surface area contributed by atoms with Gasteiger partial charge in [0.1, 0.15) is 13.2 Å². The van der Waals surface area contributed by atoms with Gasteiger partial charge in [-0.2, -0.15) is 0 Å². The van der Waals surface area contributed by atoms with Crippen LogP contribution in [0.3, 0.4) is 0 Å². The number of amides is 1. The van der Waals surface area contributed by atoms with E-state index in [-0.39, 0.29) is 18.9 Å². The topological polar surface area (TPSA) is 108 Å².